The molecule has 0 aliphatic rings. The van der Waals surface area contributed by atoms with Crippen LogP contribution in [-0.2, 0) is 0 Å². The molecule has 0 N–H and O–H groups in total. The molecular formula is C14H19IO2. The fraction of sp³-hybridized carbons (Fsp3) is 0.500. The van der Waals surface area contributed by atoms with Crippen LogP contribution in [0, 0.1) is 0 Å². The number of carbonyl (C=O) groups is 1. The van der Waals surface area contributed by atoms with Crippen LogP contribution in [0.1, 0.15) is 43.0 Å². The van der Waals surface area contributed by atoms with E-state index < -0.39 is 0 Å². The van der Waals surface area contributed by atoms with Crippen LogP contribution >= 0.6 is 22.6 Å². The Morgan fingerprint density at radius 1 is 1.35 bits per heavy atom. The molecule has 0 aliphatic carbocycles. The van der Waals surface area contributed by atoms with Crippen molar-refractivity contribution in [3.8, 4) is 5.75 Å². The van der Waals surface area contributed by atoms with Gasteiger partial charge in [0.15, 0.2) is 5.78 Å². The first-order valence-corrected chi connectivity index (χ1v) is 7.23. The Balaban J connectivity index is 2.51. The van der Waals surface area contributed by atoms with E-state index in [4.69, 9.17) is 4.74 Å². The number of unbranched alkanes of at least 4 members (excludes halogenated alkanes) is 1. The number of ketones is 1. The summed E-state index contributed by atoms with van der Waals surface area (Å²) in [5.41, 5.74) is 0.781. The van der Waals surface area contributed by atoms with Gasteiger partial charge in [-0.2, -0.15) is 0 Å². The Kier molecular flexibility index (Phi) is 6.55. The fourth-order valence-corrected chi connectivity index (χ4v) is 2.46. The SMILES string of the molecule is CCCCC(I)CC(=O)c1ccc(OC)cc1. The van der Waals surface area contributed by atoms with Crippen LogP contribution in [0.25, 0.3) is 0 Å². The van der Waals surface area contributed by atoms with Crippen LogP contribution in [0.2, 0.25) is 0 Å². The van der Waals surface area contributed by atoms with Crippen molar-refractivity contribution in [2.45, 2.75) is 36.5 Å². The second kappa shape index (κ2) is 7.69. The Morgan fingerprint density at radius 3 is 2.53 bits per heavy atom. The van der Waals surface area contributed by atoms with Crippen LogP contribution in [0.5, 0.6) is 5.75 Å². The lowest BCUT2D eigenvalue weighted by Crippen LogP contribution is -2.08. The number of rotatable bonds is 7. The van der Waals surface area contributed by atoms with Crippen LogP contribution < -0.4 is 4.74 Å². The van der Waals surface area contributed by atoms with E-state index in [1.807, 2.05) is 24.3 Å². The first-order chi connectivity index (χ1) is 8.17. The van der Waals surface area contributed by atoms with E-state index in [9.17, 15) is 4.79 Å². The number of alkyl halides is 1. The molecule has 1 unspecified atom stereocenters. The maximum atomic E-state index is 12.0. The quantitative estimate of drug-likeness (QED) is 0.419. The van der Waals surface area contributed by atoms with Crippen molar-refractivity contribution in [3.05, 3.63) is 29.8 Å². The monoisotopic (exact) mass is 346 g/mol. The second-order valence-corrected chi connectivity index (χ2v) is 5.86. The molecule has 2 nitrogen and oxygen atoms in total. The molecule has 1 atom stereocenters. The lowest BCUT2D eigenvalue weighted by Gasteiger charge is -2.08. The van der Waals surface area contributed by atoms with E-state index in [1.165, 1.54) is 12.8 Å². The zero-order valence-electron chi connectivity index (χ0n) is 10.4. The summed E-state index contributed by atoms with van der Waals surface area (Å²) < 4.78 is 5.52. The number of Topliss-reactive ketones (excluding diaryl/α,β-unsaturated/α-hetero) is 1. The van der Waals surface area contributed by atoms with Gasteiger partial charge in [0, 0.05) is 15.9 Å². The number of benzene rings is 1. The number of methoxy groups -OCH3 is 1. The summed E-state index contributed by atoms with van der Waals surface area (Å²) in [4.78, 5) is 12.0. The molecule has 1 rings (SSSR count). The molecule has 17 heavy (non-hydrogen) atoms. The van der Waals surface area contributed by atoms with E-state index in [0.29, 0.717) is 10.3 Å². The minimum absolute atomic E-state index is 0.225. The second-order valence-electron chi connectivity index (χ2n) is 4.10. The summed E-state index contributed by atoms with van der Waals surface area (Å²) in [6.45, 7) is 2.18. The Morgan fingerprint density at radius 2 is 2.00 bits per heavy atom. The van der Waals surface area contributed by atoms with E-state index in [0.717, 1.165) is 17.7 Å². The standard InChI is InChI=1S/C14H19IO2/c1-3-4-5-12(15)10-14(16)11-6-8-13(17-2)9-7-11/h6-9,12H,3-5,10H2,1-2H3. The predicted molar refractivity (Wildman–Crippen MR) is 79.3 cm³/mol. The summed E-state index contributed by atoms with van der Waals surface area (Å²) >= 11 is 2.38. The average molecular weight is 346 g/mol. The van der Waals surface area contributed by atoms with Gasteiger partial charge in [-0.1, -0.05) is 42.4 Å². The van der Waals surface area contributed by atoms with Crippen LogP contribution in [0.3, 0.4) is 0 Å². The van der Waals surface area contributed by atoms with Crippen LogP contribution in [0.15, 0.2) is 24.3 Å². The smallest absolute Gasteiger partial charge is 0.163 e. The van der Waals surface area contributed by atoms with Gasteiger partial charge in [0.1, 0.15) is 5.75 Å². The summed E-state index contributed by atoms with van der Waals surface area (Å²) in [5.74, 6) is 1.02. The van der Waals surface area contributed by atoms with Gasteiger partial charge in [-0.25, -0.2) is 0 Å². The van der Waals surface area contributed by atoms with Crippen molar-refractivity contribution in [2.75, 3.05) is 7.11 Å². The third kappa shape index (κ3) is 5.06. The third-order valence-electron chi connectivity index (χ3n) is 2.69. The maximum Gasteiger partial charge on any atom is 0.163 e. The molecule has 0 saturated carbocycles. The minimum atomic E-state index is 0.225. The fourth-order valence-electron chi connectivity index (χ4n) is 1.62. The van der Waals surface area contributed by atoms with Crippen molar-refractivity contribution in [3.63, 3.8) is 0 Å². The molecule has 1 aromatic carbocycles. The summed E-state index contributed by atoms with van der Waals surface area (Å²) in [7, 11) is 1.63. The maximum absolute atomic E-state index is 12.0. The van der Waals surface area contributed by atoms with E-state index in [-0.39, 0.29) is 5.78 Å². The number of ether oxygens (including phenoxy) is 1. The summed E-state index contributed by atoms with van der Waals surface area (Å²) in [6.07, 6.45) is 4.14. The highest BCUT2D eigenvalue weighted by molar-refractivity contribution is 14.1. The molecule has 0 bridgehead atoms. The number of hydrogen-bond acceptors (Lipinski definition) is 2. The van der Waals surface area contributed by atoms with Crippen molar-refractivity contribution >= 4 is 28.4 Å². The topological polar surface area (TPSA) is 26.3 Å². The van der Waals surface area contributed by atoms with Gasteiger partial charge in [-0.15, -0.1) is 0 Å². The highest BCUT2D eigenvalue weighted by Crippen LogP contribution is 2.19. The molecule has 0 amide bonds. The molecule has 0 aliphatic heterocycles. The molecule has 0 aromatic heterocycles. The minimum Gasteiger partial charge on any atom is -0.497 e. The molecule has 0 saturated heterocycles. The van der Waals surface area contributed by atoms with Gasteiger partial charge in [-0.3, -0.25) is 4.79 Å². The Bertz CT molecular complexity index is 346. The van der Waals surface area contributed by atoms with Crippen molar-refractivity contribution in [2.24, 2.45) is 0 Å². The lowest BCUT2D eigenvalue weighted by atomic mass is 10.0. The third-order valence-corrected chi connectivity index (χ3v) is 3.75. The van der Waals surface area contributed by atoms with Crippen molar-refractivity contribution in [1.29, 1.82) is 0 Å². The van der Waals surface area contributed by atoms with Gasteiger partial charge >= 0.3 is 0 Å². The van der Waals surface area contributed by atoms with Crippen LogP contribution in [-0.4, -0.2) is 16.8 Å². The number of halogens is 1. The molecule has 94 valence electrons. The van der Waals surface area contributed by atoms with E-state index in [2.05, 4.69) is 29.5 Å². The Labute approximate surface area is 117 Å². The van der Waals surface area contributed by atoms with E-state index in [1.54, 1.807) is 7.11 Å². The van der Waals surface area contributed by atoms with Crippen molar-refractivity contribution < 1.29 is 9.53 Å². The molecule has 0 radical (unpaired) electrons. The summed E-state index contributed by atoms with van der Waals surface area (Å²) in [6, 6.07) is 7.34. The zero-order valence-corrected chi connectivity index (χ0v) is 12.6. The molecule has 3 heteroatoms. The highest BCUT2D eigenvalue weighted by Gasteiger charge is 2.12. The normalized spacial score (nSPS) is 12.2. The van der Waals surface area contributed by atoms with Gasteiger partial charge in [0.25, 0.3) is 0 Å². The first-order valence-electron chi connectivity index (χ1n) is 5.98. The van der Waals surface area contributed by atoms with Crippen molar-refractivity contribution in [1.82, 2.24) is 0 Å². The average Bonchev–Trinajstić information content (AvgIpc) is 2.36. The van der Waals surface area contributed by atoms with Gasteiger partial charge in [-0.05, 0) is 30.7 Å². The van der Waals surface area contributed by atoms with Crippen LogP contribution in [0.4, 0.5) is 0 Å². The highest BCUT2D eigenvalue weighted by atomic mass is 127. The predicted octanol–water partition coefficient (Wildman–Crippen LogP) is 4.26. The molecular weight excluding hydrogens is 327 g/mol. The molecule has 0 heterocycles. The van der Waals surface area contributed by atoms with E-state index >= 15 is 0 Å². The first kappa shape index (κ1) is 14.5. The molecule has 0 spiro atoms. The number of carbonyl (C=O) groups excluding carboxylic acids is 1. The molecule has 1 aromatic rings. The number of hydrogen-bond donors (Lipinski definition) is 0. The zero-order chi connectivity index (χ0) is 12.7. The van der Waals surface area contributed by atoms with Gasteiger partial charge in [0.2, 0.25) is 0 Å². The largest absolute Gasteiger partial charge is 0.497 e. The van der Waals surface area contributed by atoms with Gasteiger partial charge < -0.3 is 4.74 Å². The summed E-state index contributed by atoms with van der Waals surface area (Å²) in [5, 5.41) is 0. The lowest BCUT2D eigenvalue weighted by molar-refractivity contribution is 0.0982. The Hall–Kier alpha value is -0.580. The molecule has 0 fully saturated rings. The van der Waals surface area contributed by atoms with Gasteiger partial charge in [0.05, 0.1) is 7.11 Å².